The second-order valence-electron chi connectivity index (χ2n) is 2.52. The zero-order chi connectivity index (χ0) is 10.8. The van der Waals surface area contributed by atoms with Gasteiger partial charge >= 0.3 is 5.82 Å². The van der Waals surface area contributed by atoms with Crippen molar-refractivity contribution < 1.29 is 4.92 Å². The summed E-state index contributed by atoms with van der Waals surface area (Å²) in [4.78, 5) is 16.2. The van der Waals surface area contributed by atoms with Crippen LogP contribution in [0.4, 0.5) is 11.6 Å². The number of aromatic nitrogens is 3. The number of imidazole rings is 1. The molecule has 0 aliphatic carbocycles. The number of azide groups is 1. The van der Waals surface area contributed by atoms with Crippen LogP contribution in [0.3, 0.4) is 0 Å². The lowest BCUT2D eigenvalue weighted by Gasteiger charge is -1.91. The highest BCUT2D eigenvalue weighted by Crippen LogP contribution is 2.15. The van der Waals surface area contributed by atoms with Crippen molar-refractivity contribution >= 4 is 17.3 Å². The van der Waals surface area contributed by atoms with Crippen LogP contribution < -0.4 is 0 Å². The summed E-state index contributed by atoms with van der Waals surface area (Å²) in [6.45, 7) is 0. The van der Waals surface area contributed by atoms with Gasteiger partial charge in [0.1, 0.15) is 6.20 Å². The van der Waals surface area contributed by atoms with Gasteiger partial charge in [0.05, 0.1) is 0 Å². The molecular weight excluding hydrogens is 202 g/mol. The van der Waals surface area contributed by atoms with Crippen LogP contribution in [0.5, 0.6) is 0 Å². The molecule has 0 unspecified atom stereocenters. The summed E-state index contributed by atoms with van der Waals surface area (Å²) >= 11 is 0. The molecule has 0 spiro atoms. The van der Waals surface area contributed by atoms with Gasteiger partial charge in [-0.05, 0) is 21.6 Å². The van der Waals surface area contributed by atoms with E-state index in [0.717, 1.165) is 10.7 Å². The number of rotatable bonds is 2. The lowest BCUT2D eigenvalue weighted by Crippen LogP contribution is -1.97. The van der Waals surface area contributed by atoms with Crippen LogP contribution in [0.25, 0.3) is 16.1 Å². The lowest BCUT2D eigenvalue weighted by molar-refractivity contribution is -0.391. The summed E-state index contributed by atoms with van der Waals surface area (Å²) in [6, 6.07) is 2.90. The Balaban J connectivity index is 2.71. The van der Waals surface area contributed by atoms with Gasteiger partial charge in [0.25, 0.3) is 0 Å². The van der Waals surface area contributed by atoms with Crippen LogP contribution in [0.1, 0.15) is 0 Å². The smallest absolute Gasteiger partial charge is 0.358 e. The first-order chi connectivity index (χ1) is 7.22. The molecule has 9 nitrogen and oxygen atoms in total. The fourth-order valence-electron chi connectivity index (χ4n) is 1.08. The molecule has 0 bridgehead atoms. The molecule has 0 radical (unpaired) electrons. The van der Waals surface area contributed by atoms with Crippen LogP contribution in [0.15, 0.2) is 23.4 Å². The van der Waals surface area contributed by atoms with Crippen LogP contribution in [-0.4, -0.2) is 19.5 Å². The first-order valence-electron chi connectivity index (χ1n) is 3.76. The van der Waals surface area contributed by atoms with Crippen molar-refractivity contribution in [3.63, 3.8) is 0 Å². The third kappa shape index (κ3) is 1.42. The van der Waals surface area contributed by atoms with Crippen LogP contribution in [-0.2, 0) is 0 Å². The third-order valence-corrected chi connectivity index (χ3v) is 1.66. The van der Waals surface area contributed by atoms with Gasteiger partial charge in [-0.1, -0.05) is 9.61 Å². The number of nitrogens with zero attached hydrogens (tertiary/aromatic N) is 7. The zero-order valence-electron chi connectivity index (χ0n) is 7.18. The van der Waals surface area contributed by atoms with E-state index in [0.29, 0.717) is 5.65 Å². The van der Waals surface area contributed by atoms with Crippen molar-refractivity contribution in [2.24, 2.45) is 5.11 Å². The summed E-state index contributed by atoms with van der Waals surface area (Å²) in [5.74, 6) is -0.230. The molecular formula is C6H3N7O2. The quantitative estimate of drug-likeness (QED) is 0.242. The van der Waals surface area contributed by atoms with E-state index in [-0.39, 0.29) is 11.6 Å². The highest BCUT2D eigenvalue weighted by Gasteiger charge is 2.15. The Kier molecular flexibility index (Phi) is 1.92. The average Bonchev–Trinajstić information content (AvgIpc) is 2.61. The monoisotopic (exact) mass is 205 g/mol. The second-order valence-corrected chi connectivity index (χ2v) is 2.52. The number of hydrogen-bond acceptors (Lipinski definition) is 5. The maximum atomic E-state index is 10.5. The minimum absolute atomic E-state index is 0.0473. The van der Waals surface area contributed by atoms with Gasteiger partial charge in [-0.2, -0.15) is 0 Å². The first kappa shape index (κ1) is 8.91. The topological polar surface area (TPSA) is 122 Å². The van der Waals surface area contributed by atoms with Gasteiger partial charge < -0.3 is 10.1 Å². The van der Waals surface area contributed by atoms with Gasteiger partial charge in [-0.25, -0.2) is 4.98 Å². The molecule has 2 aromatic rings. The molecule has 0 amide bonds. The highest BCUT2D eigenvalue weighted by molar-refractivity contribution is 5.46. The van der Waals surface area contributed by atoms with Crippen molar-refractivity contribution in [3.8, 4) is 0 Å². The van der Waals surface area contributed by atoms with Gasteiger partial charge in [-0.3, -0.25) is 0 Å². The fraction of sp³-hybridized carbons (Fsp3) is 0. The molecule has 0 saturated carbocycles. The van der Waals surface area contributed by atoms with Gasteiger partial charge in [-0.15, -0.1) is 0 Å². The van der Waals surface area contributed by atoms with Crippen LogP contribution in [0, 0.1) is 10.1 Å². The molecule has 0 fully saturated rings. The Morgan fingerprint density at radius 3 is 3.07 bits per heavy atom. The second kappa shape index (κ2) is 3.24. The van der Waals surface area contributed by atoms with Gasteiger partial charge in [0.2, 0.25) is 5.65 Å². The van der Waals surface area contributed by atoms with E-state index in [2.05, 4.69) is 20.1 Å². The molecule has 74 valence electrons. The highest BCUT2D eigenvalue weighted by atomic mass is 16.6. The predicted molar refractivity (Wildman–Crippen MR) is 48.4 cm³/mol. The van der Waals surface area contributed by atoms with E-state index in [4.69, 9.17) is 5.53 Å². The van der Waals surface area contributed by atoms with Crippen molar-refractivity contribution in [1.82, 2.24) is 14.6 Å². The summed E-state index contributed by atoms with van der Waals surface area (Å²) in [6.07, 6.45) is 1.09. The van der Waals surface area contributed by atoms with Crippen molar-refractivity contribution in [2.45, 2.75) is 0 Å². The first-order valence-corrected chi connectivity index (χ1v) is 3.76. The van der Waals surface area contributed by atoms with Crippen molar-refractivity contribution in [1.29, 1.82) is 0 Å². The Bertz CT molecular complexity index is 582. The Morgan fingerprint density at radius 1 is 1.60 bits per heavy atom. The summed E-state index contributed by atoms with van der Waals surface area (Å²) < 4.78 is 1.00. The van der Waals surface area contributed by atoms with E-state index in [1.165, 1.54) is 12.1 Å². The van der Waals surface area contributed by atoms with Crippen molar-refractivity contribution in [3.05, 3.63) is 38.9 Å². The molecule has 0 saturated heterocycles. The summed E-state index contributed by atoms with van der Waals surface area (Å²) in [7, 11) is 0. The molecule has 2 heterocycles. The normalized spacial score (nSPS) is 9.87. The van der Waals surface area contributed by atoms with Crippen molar-refractivity contribution in [2.75, 3.05) is 0 Å². The Labute approximate surface area is 81.7 Å². The van der Waals surface area contributed by atoms with E-state index in [1.54, 1.807) is 0 Å². The largest absolute Gasteiger partial charge is 0.368 e. The fourth-order valence-corrected chi connectivity index (χ4v) is 1.08. The third-order valence-electron chi connectivity index (χ3n) is 1.66. The van der Waals surface area contributed by atoms with E-state index >= 15 is 0 Å². The number of hydrogen-bond donors (Lipinski definition) is 0. The van der Waals surface area contributed by atoms with Gasteiger partial charge in [0, 0.05) is 11.0 Å². The summed E-state index contributed by atoms with van der Waals surface area (Å²) in [5, 5.41) is 17.5. The number of nitro groups is 1. The SMILES string of the molecule is [N-]=[N+]=Nc1ccc2ncc([N+](=O)[O-])n2n1. The standard InChI is InChI=1S/C6H3N7O2/c7-11-9-4-1-2-5-8-3-6(13(14)15)12(5)10-4/h1-3H. The van der Waals surface area contributed by atoms with E-state index in [1.807, 2.05) is 0 Å². The molecule has 0 atom stereocenters. The molecule has 0 N–H and O–H groups in total. The zero-order valence-corrected chi connectivity index (χ0v) is 7.18. The minimum Gasteiger partial charge on any atom is -0.358 e. The predicted octanol–water partition coefficient (Wildman–Crippen LogP) is 1.58. The maximum absolute atomic E-state index is 10.5. The Hall–Kier alpha value is -2.67. The summed E-state index contributed by atoms with van der Waals surface area (Å²) in [5.41, 5.74) is 8.50. The molecule has 0 aliphatic rings. The molecule has 0 aromatic carbocycles. The van der Waals surface area contributed by atoms with Crippen LogP contribution >= 0.6 is 0 Å². The molecule has 15 heavy (non-hydrogen) atoms. The number of fused-ring (bicyclic) bond motifs is 1. The molecule has 2 aromatic heterocycles. The molecule has 0 aliphatic heterocycles. The molecule has 2 rings (SSSR count). The Morgan fingerprint density at radius 2 is 2.40 bits per heavy atom. The van der Waals surface area contributed by atoms with Crippen LogP contribution in [0.2, 0.25) is 0 Å². The van der Waals surface area contributed by atoms with E-state index < -0.39 is 4.92 Å². The molecule has 9 heteroatoms. The minimum atomic E-state index is -0.618. The maximum Gasteiger partial charge on any atom is 0.368 e. The average molecular weight is 205 g/mol. The van der Waals surface area contributed by atoms with Gasteiger partial charge in [0.15, 0.2) is 5.82 Å². The van der Waals surface area contributed by atoms with E-state index in [9.17, 15) is 10.1 Å². The lowest BCUT2D eigenvalue weighted by atomic mass is 10.5.